The van der Waals surface area contributed by atoms with E-state index >= 15 is 0 Å². The molecule has 1 rings (SSSR count). The number of phenols is 1. The summed E-state index contributed by atoms with van der Waals surface area (Å²) in [6.45, 7) is 3.34. The van der Waals surface area contributed by atoms with Gasteiger partial charge in [-0.25, -0.2) is 4.79 Å². The Hall–Kier alpha value is -1.97. The van der Waals surface area contributed by atoms with Crippen LogP contribution in [0, 0.1) is 0 Å². The number of phenolic OH excluding ortho intramolecular Hbond substituents is 1. The van der Waals surface area contributed by atoms with Gasteiger partial charge in [-0.05, 0) is 30.3 Å². The number of rotatable bonds is 4. The van der Waals surface area contributed by atoms with Crippen LogP contribution in [0.4, 0.5) is 0 Å². The van der Waals surface area contributed by atoms with Crippen molar-refractivity contribution in [2.75, 3.05) is 0 Å². The normalized spacial score (nSPS) is 11.7. The Morgan fingerprint density at radius 2 is 2.00 bits per heavy atom. The third-order valence-electron chi connectivity index (χ3n) is 1.56. The maximum absolute atomic E-state index is 10.6. The smallest absolute Gasteiger partial charge is 0.349 e. The first kappa shape index (κ1) is 10.1. The molecule has 74 valence electrons. The Labute approximate surface area is 81.1 Å². The molecule has 0 bridgehead atoms. The number of benzene rings is 1. The molecular weight excluding hydrogens is 184 g/mol. The van der Waals surface area contributed by atoms with Gasteiger partial charge in [0.05, 0.1) is 0 Å². The summed E-state index contributed by atoms with van der Waals surface area (Å²) in [4.78, 5) is 10.6. The van der Waals surface area contributed by atoms with Gasteiger partial charge in [-0.1, -0.05) is 6.58 Å². The third-order valence-corrected chi connectivity index (χ3v) is 1.56. The van der Waals surface area contributed by atoms with Crippen molar-refractivity contribution < 1.29 is 19.7 Å². The maximum atomic E-state index is 10.6. The Balaban J connectivity index is 2.72. The third kappa shape index (κ3) is 2.52. The van der Waals surface area contributed by atoms with Gasteiger partial charge in [0.2, 0.25) is 6.10 Å². The largest absolute Gasteiger partial charge is 0.508 e. The molecule has 0 radical (unpaired) electrons. The van der Waals surface area contributed by atoms with Crippen molar-refractivity contribution in [2.24, 2.45) is 0 Å². The molecule has 0 aromatic heterocycles. The zero-order valence-corrected chi connectivity index (χ0v) is 7.38. The lowest BCUT2D eigenvalue weighted by molar-refractivity contribution is -0.142. The molecule has 1 aromatic rings. The molecule has 4 nitrogen and oxygen atoms in total. The van der Waals surface area contributed by atoms with E-state index in [1.165, 1.54) is 30.3 Å². The molecule has 1 aromatic carbocycles. The molecule has 1 atom stereocenters. The SMILES string of the molecule is C=C[C@@H](Oc1ccc(O)cc1)C(=O)O. The van der Waals surface area contributed by atoms with E-state index in [4.69, 9.17) is 14.9 Å². The van der Waals surface area contributed by atoms with Crippen molar-refractivity contribution in [1.82, 2.24) is 0 Å². The zero-order valence-electron chi connectivity index (χ0n) is 7.38. The van der Waals surface area contributed by atoms with Gasteiger partial charge in [-0.2, -0.15) is 0 Å². The number of aromatic hydroxyl groups is 1. The highest BCUT2D eigenvalue weighted by Gasteiger charge is 2.14. The lowest BCUT2D eigenvalue weighted by Crippen LogP contribution is -2.24. The molecule has 0 amide bonds. The molecule has 0 saturated heterocycles. The fourth-order valence-corrected chi connectivity index (χ4v) is 0.871. The van der Waals surface area contributed by atoms with E-state index in [9.17, 15) is 4.79 Å². The van der Waals surface area contributed by atoms with Gasteiger partial charge < -0.3 is 14.9 Å². The number of hydrogen-bond acceptors (Lipinski definition) is 3. The second-order valence-electron chi connectivity index (χ2n) is 2.61. The maximum Gasteiger partial charge on any atom is 0.349 e. The van der Waals surface area contributed by atoms with Crippen LogP contribution in [0.2, 0.25) is 0 Å². The molecule has 0 heterocycles. The number of ether oxygens (including phenoxy) is 1. The predicted octanol–water partition coefficient (Wildman–Crippen LogP) is 1.41. The van der Waals surface area contributed by atoms with Crippen LogP contribution in [-0.2, 0) is 4.79 Å². The minimum absolute atomic E-state index is 0.0998. The second-order valence-corrected chi connectivity index (χ2v) is 2.61. The number of carboxylic acids is 1. The molecule has 0 fully saturated rings. The minimum Gasteiger partial charge on any atom is -0.508 e. The van der Waals surface area contributed by atoms with Crippen LogP contribution in [0.3, 0.4) is 0 Å². The van der Waals surface area contributed by atoms with Crippen LogP contribution >= 0.6 is 0 Å². The average molecular weight is 194 g/mol. The molecule has 2 N–H and O–H groups in total. The van der Waals surface area contributed by atoms with Crippen LogP contribution in [0.5, 0.6) is 11.5 Å². The summed E-state index contributed by atoms with van der Waals surface area (Å²) in [5.74, 6) is -0.633. The van der Waals surface area contributed by atoms with Crippen molar-refractivity contribution in [2.45, 2.75) is 6.10 Å². The lowest BCUT2D eigenvalue weighted by atomic mass is 10.3. The summed E-state index contributed by atoms with van der Waals surface area (Å²) >= 11 is 0. The van der Waals surface area contributed by atoms with Crippen molar-refractivity contribution in [1.29, 1.82) is 0 Å². The first-order valence-electron chi connectivity index (χ1n) is 3.94. The van der Waals surface area contributed by atoms with E-state index in [2.05, 4.69) is 6.58 Å². The molecule has 0 spiro atoms. The number of carboxylic acid groups (broad SMARTS) is 1. The predicted molar refractivity (Wildman–Crippen MR) is 50.4 cm³/mol. The summed E-state index contributed by atoms with van der Waals surface area (Å²) in [7, 11) is 0. The van der Waals surface area contributed by atoms with Crippen LogP contribution in [0.1, 0.15) is 0 Å². The van der Waals surface area contributed by atoms with Gasteiger partial charge in [0, 0.05) is 0 Å². The molecule has 0 aliphatic heterocycles. The molecule has 14 heavy (non-hydrogen) atoms. The van der Waals surface area contributed by atoms with E-state index < -0.39 is 12.1 Å². The van der Waals surface area contributed by atoms with Crippen molar-refractivity contribution in [3.8, 4) is 11.5 Å². The highest BCUT2D eigenvalue weighted by molar-refractivity contribution is 5.74. The standard InChI is InChI=1S/C10H10O4/c1-2-9(10(12)13)14-8-5-3-7(11)4-6-8/h2-6,9,11H,1H2,(H,12,13)/t9-/m1/s1. The quantitative estimate of drug-likeness (QED) is 0.711. The summed E-state index contributed by atoms with van der Waals surface area (Å²) < 4.78 is 5.05. The van der Waals surface area contributed by atoms with Gasteiger partial charge in [0.15, 0.2) is 0 Å². The molecule has 0 unspecified atom stereocenters. The van der Waals surface area contributed by atoms with Crippen LogP contribution in [0.25, 0.3) is 0 Å². The van der Waals surface area contributed by atoms with Gasteiger partial charge >= 0.3 is 5.97 Å². The number of hydrogen-bond donors (Lipinski definition) is 2. The average Bonchev–Trinajstić information content (AvgIpc) is 2.16. The topological polar surface area (TPSA) is 66.8 Å². The highest BCUT2D eigenvalue weighted by Crippen LogP contribution is 2.17. The second kappa shape index (κ2) is 4.32. The van der Waals surface area contributed by atoms with Crippen LogP contribution in [0.15, 0.2) is 36.9 Å². The van der Waals surface area contributed by atoms with E-state index in [0.29, 0.717) is 5.75 Å². The van der Waals surface area contributed by atoms with Crippen molar-refractivity contribution in [3.63, 3.8) is 0 Å². The Kier molecular flexibility index (Phi) is 3.12. The van der Waals surface area contributed by atoms with Gasteiger partial charge in [-0.15, -0.1) is 0 Å². The summed E-state index contributed by atoms with van der Waals surface area (Å²) in [5, 5.41) is 17.6. The van der Waals surface area contributed by atoms with E-state index in [-0.39, 0.29) is 5.75 Å². The minimum atomic E-state index is -1.10. The summed E-state index contributed by atoms with van der Waals surface area (Å²) in [6, 6.07) is 5.79. The van der Waals surface area contributed by atoms with Gasteiger partial charge in [-0.3, -0.25) is 0 Å². The number of aliphatic carboxylic acids is 1. The van der Waals surface area contributed by atoms with Gasteiger partial charge in [0.1, 0.15) is 11.5 Å². The first-order chi connectivity index (χ1) is 6.63. The van der Waals surface area contributed by atoms with E-state index in [1.807, 2.05) is 0 Å². The Morgan fingerprint density at radius 1 is 1.43 bits per heavy atom. The monoisotopic (exact) mass is 194 g/mol. The van der Waals surface area contributed by atoms with E-state index in [1.54, 1.807) is 0 Å². The van der Waals surface area contributed by atoms with Crippen molar-refractivity contribution in [3.05, 3.63) is 36.9 Å². The molecule has 0 aliphatic carbocycles. The fraction of sp³-hybridized carbons (Fsp3) is 0.100. The fourth-order valence-electron chi connectivity index (χ4n) is 0.871. The molecule has 4 heteroatoms. The highest BCUT2D eigenvalue weighted by atomic mass is 16.5. The summed E-state index contributed by atoms with van der Waals surface area (Å²) in [5.41, 5.74) is 0. The van der Waals surface area contributed by atoms with E-state index in [0.717, 1.165) is 0 Å². The molecule has 0 saturated carbocycles. The Morgan fingerprint density at radius 3 is 2.43 bits per heavy atom. The van der Waals surface area contributed by atoms with Crippen LogP contribution in [-0.4, -0.2) is 22.3 Å². The zero-order chi connectivity index (χ0) is 10.6. The molecule has 0 aliphatic rings. The van der Waals surface area contributed by atoms with Crippen LogP contribution < -0.4 is 4.74 Å². The lowest BCUT2D eigenvalue weighted by Gasteiger charge is -2.10. The number of carbonyl (C=O) groups is 1. The summed E-state index contributed by atoms with van der Waals surface area (Å²) in [6.07, 6.45) is 0.120. The first-order valence-corrected chi connectivity index (χ1v) is 3.94. The molecular formula is C10H10O4. The van der Waals surface area contributed by atoms with Gasteiger partial charge in [0.25, 0.3) is 0 Å². The Bertz CT molecular complexity index is 328. The van der Waals surface area contributed by atoms with Crippen molar-refractivity contribution >= 4 is 5.97 Å².